The molecule has 3 heterocycles. The molecule has 0 aliphatic heterocycles. The highest BCUT2D eigenvalue weighted by Gasteiger charge is 2.44. The van der Waals surface area contributed by atoms with Crippen molar-refractivity contribution < 1.29 is 17.2 Å². The van der Waals surface area contributed by atoms with Gasteiger partial charge in [-0.3, -0.25) is 4.98 Å². The summed E-state index contributed by atoms with van der Waals surface area (Å²) in [5.41, 5.74) is 2.31. The second-order valence-corrected chi connectivity index (χ2v) is 11.4. The van der Waals surface area contributed by atoms with Crippen LogP contribution in [0.3, 0.4) is 0 Å². The lowest BCUT2D eigenvalue weighted by Gasteiger charge is -2.12. The number of imidazole rings is 1. The molecule has 7 nitrogen and oxygen atoms in total. The molecule has 1 aliphatic rings. The summed E-state index contributed by atoms with van der Waals surface area (Å²) >= 11 is 0. The summed E-state index contributed by atoms with van der Waals surface area (Å²) < 4.78 is 55.4. The fourth-order valence-electron chi connectivity index (χ4n) is 4.26. The molecule has 0 amide bonds. The van der Waals surface area contributed by atoms with Gasteiger partial charge >= 0.3 is 0 Å². The first-order valence-corrected chi connectivity index (χ1v) is 13.1. The van der Waals surface area contributed by atoms with E-state index in [2.05, 4.69) is 21.0 Å². The lowest BCUT2D eigenvalue weighted by atomic mass is 9.95. The number of halogens is 2. The monoisotopic (exact) mass is 507 g/mol. The molecule has 1 saturated carbocycles. The highest BCUT2D eigenvalue weighted by molar-refractivity contribution is 7.91. The van der Waals surface area contributed by atoms with Crippen LogP contribution < -0.4 is 0 Å². The maximum Gasteiger partial charge on any atom is 0.272 e. The molecule has 4 aromatic rings. The standard InChI is InChI=1S/C26H23F2N5O2S/c1-4-36(34,35)21-11-17(16-5-7-18(8-6-16)26(15-29)9-10-26)13-30-22(21)24-32-20-12-19(25(2,27)28)14-31-23(20)33(24)3/h5-8,11-14H,4,9-10H2,1-3H3. The molecule has 1 fully saturated rings. The largest absolute Gasteiger partial charge is 0.310 e. The van der Waals surface area contributed by atoms with Crippen molar-refractivity contribution in [3.8, 4) is 28.7 Å². The molecule has 0 bridgehead atoms. The zero-order chi connectivity index (χ0) is 25.9. The minimum Gasteiger partial charge on any atom is -0.310 e. The Hall–Kier alpha value is -3.71. The molecule has 0 N–H and O–H groups in total. The number of aromatic nitrogens is 4. The second kappa shape index (κ2) is 8.17. The van der Waals surface area contributed by atoms with Crippen LogP contribution in [0.25, 0.3) is 33.8 Å². The van der Waals surface area contributed by atoms with E-state index in [-0.39, 0.29) is 33.2 Å². The number of nitrogens with zero attached hydrogens (tertiary/aromatic N) is 5. The van der Waals surface area contributed by atoms with Gasteiger partial charge in [0.25, 0.3) is 5.92 Å². The van der Waals surface area contributed by atoms with E-state index >= 15 is 0 Å². The van der Waals surface area contributed by atoms with Crippen LogP contribution in [0.4, 0.5) is 8.78 Å². The van der Waals surface area contributed by atoms with E-state index in [0.29, 0.717) is 11.2 Å². The van der Waals surface area contributed by atoms with Gasteiger partial charge in [0.1, 0.15) is 11.2 Å². The van der Waals surface area contributed by atoms with E-state index in [1.54, 1.807) is 30.8 Å². The Balaban J connectivity index is 1.63. The molecule has 184 valence electrons. The molecule has 0 saturated heterocycles. The Morgan fingerprint density at radius 2 is 1.81 bits per heavy atom. The summed E-state index contributed by atoms with van der Waals surface area (Å²) in [5.74, 6) is -3.02. The Morgan fingerprint density at radius 3 is 2.39 bits per heavy atom. The number of rotatable bonds is 6. The number of fused-ring (bicyclic) bond motifs is 1. The van der Waals surface area contributed by atoms with E-state index in [0.717, 1.165) is 37.1 Å². The third-order valence-corrected chi connectivity index (χ3v) is 8.47. The molecule has 36 heavy (non-hydrogen) atoms. The van der Waals surface area contributed by atoms with Gasteiger partial charge in [-0.25, -0.2) is 27.2 Å². The summed E-state index contributed by atoms with van der Waals surface area (Å²) in [6.45, 7) is 2.33. The van der Waals surface area contributed by atoms with Gasteiger partial charge in [-0.05, 0) is 36.1 Å². The third-order valence-electron chi connectivity index (χ3n) is 6.73. The number of hydrogen-bond donors (Lipinski definition) is 0. The first kappa shape index (κ1) is 24.0. The molecule has 0 atom stereocenters. The third kappa shape index (κ3) is 3.93. The molecule has 5 rings (SSSR count). The number of alkyl halides is 2. The average Bonchev–Trinajstić information content (AvgIpc) is 3.61. The number of aryl methyl sites for hydroxylation is 1. The van der Waals surface area contributed by atoms with Gasteiger partial charge in [-0.2, -0.15) is 5.26 Å². The molecular weight excluding hydrogens is 484 g/mol. The number of pyridine rings is 2. The molecule has 0 radical (unpaired) electrons. The van der Waals surface area contributed by atoms with Crippen molar-refractivity contribution in [3.05, 3.63) is 59.9 Å². The van der Waals surface area contributed by atoms with Crippen molar-refractivity contribution >= 4 is 21.0 Å². The summed E-state index contributed by atoms with van der Waals surface area (Å²) in [6.07, 6.45) is 4.33. The molecule has 3 aromatic heterocycles. The molecule has 0 unspecified atom stereocenters. The Morgan fingerprint density at radius 1 is 1.11 bits per heavy atom. The number of hydrogen-bond acceptors (Lipinski definition) is 6. The van der Waals surface area contributed by atoms with Crippen molar-refractivity contribution in [3.63, 3.8) is 0 Å². The van der Waals surface area contributed by atoms with E-state index in [4.69, 9.17) is 0 Å². The van der Waals surface area contributed by atoms with Gasteiger partial charge in [-0.1, -0.05) is 31.2 Å². The van der Waals surface area contributed by atoms with E-state index < -0.39 is 21.2 Å². The normalized spacial score (nSPS) is 15.1. The van der Waals surface area contributed by atoms with E-state index in [9.17, 15) is 22.5 Å². The van der Waals surface area contributed by atoms with Crippen LogP contribution in [0.1, 0.15) is 37.8 Å². The highest BCUT2D eigenvalue weighted by Crippen LogP contribution is 2.47. The van der Waals surface area contributed by atoms with Crippen molar-refractivity contribution in [1.29, 1.82) is 5.26 Å². The summed E-state index contributed by atoms with van der Waals surface area (Å²) in [5, 5.41) is 9.44. The van der Waals surface area contributed by atoms with Crippen LogP contribution in [0, 0.1) is 11.3 Å². The first-order valence-electron chi connectivity index (χ1n) is 11.5. The lowest BCUT2D eigenvalue weighted by Crippen LogP contribution is -2.09. The SMILES string of the molecule is CCS(=O)(=O)c1cc(-c2ccc(C3(C#N)CC3)cc2)cnc1-c1nc2cc(C(C)(F)F)cnc2n1C. The van der Waals surface area contributed by atoms with Crippen LogP contribution in [0.2, 0.25) is 0 Å². The van der Waals surface area contributed by atoms with Gasteiger partial charge in [0.15, 0.2) is 21.3 Å². The van der Waals surface area contributed by atoms with Gasteiger partial charge < -0.3 is 4.57 Å². The van der Waals surface area contributed by atoms with Crippen LogP contribution in [-0.2, 0) is 28.2 Å². The zero-order valence-corrected chi connectivity index (χ0v) is 20.8. The molecule has 10 heteroatoms. The highest BCUT2D eigenvalue weighted by atomic mass is 32.2. The van der Waals surface area contributed by atoms with E-state index in [1.807, 2.05) is 24.3 Å². The molecule has 1 aliphatic carbocycles. The maximum atomic E-state index is 13.8. The topological polar surface area (TPSA) is 102 Å². The Labute approximate surface area is 207 Å². The number of sulfone groups is 1. The van der Waals surface area contributed by atoms with Gasteiger partial charge in [0.05, 0.1) is 22.1 Å². The Bertz CT molecular complexity index is 1640. The smallest absolute Gasteiger partial charge is 0.272 e. The van der Waals surface area contributed by atoms with Crippen LogP contribution in [0.15, 0.2) is 53.7 Å². The van der Waals surface area contributed by atoms with Gasteiger partial charge in [0, 0.05) is 37.5 Å². The fourth-order valence-corrected chi connectivity index (χ4v) is 5.32. The minimum absolute atomic E-state index is 0.00159. The van der Waals surface area contributed by atoms with Crippen LogP contribution >= 0.6 is 0 Å². The predicted octanol–water partition coefficient (Wildman–Crippen LogP) is 5.16. The zero-order valence-electron chi connectivity index (χ0n) is 20.0. The van der Waals surface area contributed by atoms with Crippen molar-refractivity contribution in [1.82, 2.24) is 19.5 Å². The van der Waals surface area contributed by atoms with Crippen molar-refractivity contribution in [2.24, 2.45) is 7.05 Å². The van der Waals surface area contributed by atoms with Crippen molar-refractivity contribution in [2.75, 3.05) is 5.75 Å². The first-order chi connectivity index (χ1) is 17.0. The van der Waals surface area contributed by atoms with Crippen molar-refractivity contribution in [2.45, 2.75) is 42.9 Å². The quantitative estimate of drug-likeness (QED) is 0.357. The number of nitriles is 1. The molecule has 1 aromatic carbocycles. The van der Waals surface area contributed by atoms with Crippen LogP contribution in [-0.4, -0.2) is 33.7 Å². The van der Waals surface area contributed by atoms with E-state index in [1.165, 1.54) is 6.07 Å². The predicted molar refractivity (Wildman–Crippen MR) is 131 cm³/mol. The molecular formula is C26H23F2N5O2S. The number of benzene rings is 1. The van der Waals surface area contributed by atoms with Gasteiger partial charge in [0.2, 0.25) is 0 Å². The lowest BCUT2D eigenvalue weighted by molar-refractivity contribution is 0.0172. The maximum absolute atomic E-state index is 13.8. The second-order valence-electron chi connectivity index (χ2n) is 9.19. The summed E-state index contributed by atoms with van der Waals surface area (Å²) in [7, 11) is -2.08. The average molecular weight is 508 g/mol. The van der Waals surface area contributed by atoms with Crippen LogP contribution in [0.5, 0.6) is 0 Å². The van der Waals surface area contributed by atoms with Gasteiger partial charge in [-0.15, -0.1) is 0 Å². The molecule has 0 spiro atoms. The fraction of sp³-hybridized carbons (Fsp3) is 0.308. The summed E-state index contributed by atoms with van der Waals surface area (Å²) in [6, 6.07) is 12.7. The Kier molecular flexibility index (Phi) is 5.45. The minimum atomic E-state index is -3.72. The summed E-state index contributed by atoms with van der Waals surface area (Å²) in [4.78, 5) is 13.0.